The normalized spacial score (nSPS) is 20.6. The number of nitriles is 1. The average molecular weight is 215 g/mol. The maximum atomic E-state index is 8.95. The fourth-order valence-electron chi connectivity index (χ4n) is 2.18. The number of likely N-dealkylation sites (tertiary alicyclic amines) is 1. The van der Waals surface area contributed by atoms with Crippen molar-refractivity contribution in [2.75, 3.05) is 32.0 Å². The van der Waals surface area contributed by atoms with E-state index in [1.807, 2.05) is 24.3 Å². The summed E-state index contributed by atoms with van der Waals surface area (Å²) in [6, 6.07) is 9.88. The molecule has 3 heteroatoms. The van der Waals surface area contributed by atoms with Crippen molar-refractivity contribution in [1.29, 1.82) is 5.26 Å². The number of rotatable bonds is 3. The van der Waals surface area contributed by atoms with E-state index in [9.17, 15) is 0 Å². The molecular formula is C13H17N3. The first-order valence-electron chi connectivity index (χ1n) is 5.71. The van der Waals surface area contributed by atoms with E-state index < -0.39 is 0 Å². The Balaban J connectivity index is 1.92. The molecule has 2 rings (SSSR count). The van der Waals surface area contributed by atoms with Crippen LogP contribution in [0.25, 0.3) is 0 Å². The van der Waals surface area contributed by atoms with Gasteiger partial charge >= 0.3 is 0 Å². The predicted octanol–water partition coefficient (Wildman–Crippen LogP) is 1.92. The van der Waals surface area contributed by atoms with E-state index in [0.717, 1.165) is 24.3 Å². The topological polar surface area (TPSA) is 39.1 Å². The minimum atomic E-state index is 0.705. The van der Waals surface area contributed by atoms with Crippen molar-refractivity contribution in [1.82, 2.24) is 4.90 Å². The smallest absolute Gasteiger partial charge is 0.101 e. The summed E-state index contributed by atoms with van der Waals surface area (Å²) in [6.45, 7) is 3.30. The molecule has 1 aliphatic heterocycles. The predicted molar refractivity (Wildman–Crippen MR) is 65.3 cm³/mol. The number of nitrogens with one attached hydrogen (secondary N) is 1. The van der Waals surface area contributed by atoms with Crippen LogP contribution in [0.5, 0.6) is 0 Å². The summed E-state index contributed by atoms with van der Waals surface area (Å²) in [5.74, 6) is 0.705. The van der Waals surface area contributed by atoms with E-state index in [1.165, 1.54) is 13.0 Å². The number of nitrogens with zero attached hydrogens (tertiary/aromatic N) is 2. The minimum absolute atomic E-state index is 0.705. The molecule has 0 aromatic heterocycles. The molecule has 1 heterocycles. The molecule has 0 saturated carbocycles. The minimum Gasteiger partial charge on any atom is -0.384 e. The summed E-state index contributed by atoms with van der Waals surface area (Å²) in [4.78, 5) is 2.35. The summed E-state index contributed by atoms with van der Waals surface area (Å²) in [6.07, 6.45) is 1.25. The number of para-hydroxylation sites is 1. The maximum absolute atomic E-state index is 8.95. The highest BCUT2D eigenvalue weighted by molar-refractivity contribution is 5.57. The molecule has 1 unspecified atom stereocenters. The van der Waals surface area contributed by atoms with Gasteiger partial charge in [-0.05, 0) is 38.1 Å². The second-order valence-corrected chi connectivity index (χ2v) is 4.46. The lowest BCUT2D eigenvalue weighted by molar-refractivity contribution is 0.399. The van der Waals surface area contributed by atoms with Crippen LogP contribution in [0, 0.1) is 17.2 Å². The molecule has 1 atom stereocenters. The van der Waals surface area contributed by atoms with Gasteiger partial charge in [-0.2, -0.15) is 5.26 Å². The van der Waals surface area contributed by atoms with Crippen LogP contribution < -0.4 is 5.32 Å². The third-order valence-electron chi connectivity index (χ3n) is 3.12. The lowest BCUT2D eigenvalue weighted by Gasteiger charge is -2.13. The van der Waals surface area contributed by atoms with Gasteiger partial charge in [-0.3, -0.25) is 0 Å². The second-order valence-electron chi connectivity index (χ2n) is 4.46. The van der Waals surface area contributed by atoms with Crippen molar-refractivity contribution in [2.24, 2.45) is 5.92 Å². The van der Waals surface area contributed by atoms with Crippen LogP contribution in [0.2, 0.25) is 0 Å². The number of hydrogen-bond acceptors (Lipinski definition) is 3. The third-order valence-corrected chi connectivity index (χ3v) is 3.12. The van der Waals surface area contributed by atoms with Crippen LogP contribution in [0.3, 0.4) is 0 Å². The Hall–Kier alpha value is -1.53. The van der Waals surface area contributed by atoms with Crippen LogP contribution in [0.4, 0.5) is 5.69 Å². The van der Waals surface area contributed by atoms with Crippen molar-refractivity contribution >= 4 is 5.69 Å². The van der Waals surface area contributed by atoms with E-state index in [-0.39, 0.29) is 0 Å². The third kappa shape index (κ3) is 2.53. The van der Waals surface area contributed by atoms with Gasteiger partial charge in [0.2, 0.25) is 0 Å². The number of benzene rings is 1. The molecule has 3 nitrogen and oxygen atoms in total. The van der Waals surface area contributed by atoms with Gasteiger partial charge < -0.3 is 10.2 Å². The molecule has 16 heavy (non-hydrogen) atoms. The SMILES string of the molecule is CN1CCC(CNc2ccccc2C#N)C1. The van der Waals surface area contributed by atoms with E-state index in [1.54, 1.807) is 0 Å². The van der Waals surface area contributed by atoms with Gasteiger partial charge in [0, 0.05) is 13.1 Å². The Bertz CT molecular complexity index is 394. The monoisotopic (exact) mass is 215 g/mol. The van der Waals surface area contributed by atoms with Crippen LogP contribution in [0.1, 0.15) is 12.0 Å². The van der Waals surface area contributed by atoms with E-state index >= 15 is 0 Å². The first-order valence-corrected chi connectivity index (χ1v) is 5.71. The first kappa shape index (κ1) is 11.0. The zero-order chi connectivity index (χ0) is 11.4. The van der Waals surface area contributed by atoms with Crippen molar-refractivity contribution in [3.05, 3.63) is 29.8 Å². The summed E-state index contributed by atoms with van der Waals surface area (Å²) >= 11 is 0. The van der Waals surface area contributed by atoms with E-state index in [0.29, 0.717) is 5.92 Å². The van der Waals surface area contributed by atoms with Gasteiger partial charge in [-0.15, -0.1) is 0 Å². The van der Waals surface area contributed by atoms with Gasteiger partial charge in [0.05, 0.1) is 11.3 Å². The Labute approximate surface area is 96.7 Å². The molecule has 1 aromatic carbocycles. The molecule has 1 fully saturated rings. The molecular weight excluding hydrogens is 198 g/mol. The van der Waals surface area contributed by atoms with Gasteiger partial charge in [0.25, 0.3) is 0 Å². The van der Waals surface area contributed by atoms with E-state index in [4.69, 9.17) is 5.26 Å². The van der Waals surface area contributed by atoms with Gasteiger partial charge in [-0.25, -0.2) is 0 Å². The summed E-state index contributed by atoms with van der Waals surface area (Å²) in [7, 11) is 2.16. The van der Waals surface area contributed by atoms with Gasteiger partial charge in [0.15, 0.2) is 0 Å². The summed E-state index contributed by atoms with van der Waals surface area (Å²) in [5.41, 5.74) is 1.69. The Morgan fingerprint density at radius 1 is 1.50 bits per heavy atom. The van der Waals surface area contributed by atoms with Crippen LogP contribution in [-0.4, -0.2) is 31.6 Å². The number of hydrogen-bond donors (Lipinski definition) is 1. The molecule has 84 valence electrons. The highest BCUT2D eigenvalue weighted by atomic mass is 15.1. The van der Waals surface area contributed by atoms with Crippen molar-refractivity contribution < 1.29 is 0 Å². The molecule has 1 aliphatic rings. The summed E-state index contributed by atoms with van der Waals surface area (Å²) < 4.78 is 0. The Morgan fingerprint density at radius 2 is 2.31 bits per heavy atom. The van der Waals surface area contributed by atoms with Crippen molar-refractivity contribution in [2.45, 2.75) is 6.42 Å². The average Bonchev–Trinajstić information content (AvgIpc) is 2.73. The Morgan fingerprint density at radius 3 is 3.00 bits per heavy atom. The van der Waals surface area contributed by atoms with E-state index in [2.05, 4.69) is 23.3 Å². The van der Waals surface area contributed by atoms with Gasteiger partial charge in [0.1, 0.15) is 6.07 Å². The highest BCUT2D eigenvalue weighted by Crippen LogP contribution is 2.18. The molecule has 0 amide bonds. The zero-order valence-electron chi connectivity index (χ0n) is 9.61. The summed E-state index contributed by atoms with van der Waals surface area (Å²) in [5, 5.41) is 12.3. The standard InChI is InChI=1S/C13H17N3/c1-16-7-6-11(10-16)9-15-13-5-3-2-4-12(13)8-14/h2-5,11,15H,6-7,9-10H2,1H3. The quantitative estimate of drug-likeness (QED) is 0.837. The molecule has 0 radical (unpaired) electrons. The number of anilines is 1. The van der Waals surface area contributed by atoms with Crippen molar-refractivity contribution in [3.63, 3.8) is 0 Å². The molecule has 1 N–H and O–H groups in total. The first-order chi connectivity index (χ1) is 7.79. The van der Waals surface area contributed by atoms with Crippen LogP contribution >= 0.6 is 0 Å². The van der Waals surface area contributed by atoms with Crippen molar-refractivity contribution in [3.8, 4) is 6.07 Å². The molecule has 0 aliphatic carbocycles. The zero-order valence-corrected chi connectivity index (χ0v) is 9.61. The molecule has 0 bridgehead atoms. The van der Waals surface area contributed by atoms with Crippen LogP contribution in [0.15, 0.2) is 24.3 Å². The largest absolute Gasteiger partial charge is 0.384 e. The lowest BCUT2D eigenvalue weighted by Crippen LogP contribution is -2.19. The molecule has 0 spiro atoms. The fourth-order valence-corrected chi connectivity index (χ4v) is 2.18. The fraction of sp³-hybridized carbons (Fsp3) is 0.462. The van der Waals surface area contributed by atoms with Gasteiger partial charge in [-0.1, -0.05) is 12.1 Å². The molecule has 1 saturated heterocycles. The Kier molecular flexibility index (Phi) is 3.43. The lowest BCUT2D eigenvalue weighted by atomic mass is 10.1. The van der Waals surface area contributed by atoms with Crippen LogP contribution in [-0.2, 0) is 0 Å². The maximum Gasteiger partial charge on any atom is 0.101 e. The second kappa shape index (κ2) is 5.00. The highest BCUT2D eigenvalue weighted by Gasteiger charge is 2.19. The molecule has 1 aromatic rings.